The second-order valence-electron chi connectivity index (χ2n) is 4.85. The Morgan fingerprint density at radius 3 is 2.88 bits per heavy atom. The first-order valence-electron chi connectivity index (χ1n) is 5.71. The smallest absolute Gasteiger partial charge is 0.226 e. The average Bonchev–Trinajstić information content (AvgIpc) is 2.85. The maximum absolute atomic E-state index is 11.9. The van der Waals surface area contributed by atoms with E-state index in [0.29, 0.717) is 13.0 Å². The molecule has 1 fully saturated rings. The van der Waals surface area contributed by atoms with Crippen molar-refractivity contribution in [1.82, 2.24) is 9.88 Å². The standard InChI is InChI=1S/C12H19N3O/c1-15(9-12(8-13)3-4-12)11(16)6-10-2-5-14-7-10/h2,5,7,14H,3-4,6,8-9,13H2,1H3. The fourth-order valence-electron chi connectivity index (χ4n) is 1.97. The summed E-state index contributed by atoms with van der Waals surface area (Å²) in [5.74, 6) is 0.166. The Kier molecular flexibility index (Phi) is 3.01. The molecule has 0 radical (unpaired) electrons. The van der Waals surface area contributed by atoms with Gasteiger partial charge in [-0.2, -0.15) is 0 Å². The van der Waals surface area contributed by atoms with E-state index in [4.69, 9.17) is 5.73 Å². The predicted octanol–water partition coefficient (Wildman–Crippen LogP) is 0.754. The van der Waals surface area contributed by atoms with Crippen LogP contribution in [0, 0.1) is 5.41 Å². The van der Waals surface area contributed by atoms with Crippen molar-refractivity contribution < 1.29 is 4.79 Å². The zero-order chi connectivity index (χ0) is 11.6. The number of rotatable bonds is 5. The number of aromatic amines is 1. The molecule has 1 aromatic rings. The molecule has 0 aromatic carbocycles. The molecule has 0 saturated heterocycles. The van der Waals surface area contributed by atoms with Gasteiger partial charge in [0.25, 0.3) is 0 Å². The highest BCUT2D eigenvalue weighted by atomic mass is 16.2. The Morgan fingerprint density at radius 2 is 2.38 bits per heavy atom. The molecule has 4 heteroatoms. The Morgan fingerprint density at radius 1 is 1.62 bits per heavy atom. The molecule has 1 amide bonds. The molecule has 1 heterocycles. The van der Waals surface area contributed by atoms with E-state index < -0.39 is 0 Å². The van der Waals surface area contributed by atoms with E-state index in [1.807, 2.05) is 30.4 Å². The Balaban J connectivity index is 1.85. The fourth-order valence-corrected chi connectivity index (χ4v) is 1.97. The number of hydrogen-bond acceptors (Lipinski definition) is 2. The summed E-state index contributed by atoms with van der Waals surface area (Å²) in [5.41, 5.74) is 6.97. The molecule has 0 atom stereocenters. The van der Waals surface area contributed by atoms with Gasteiger partial charge in [-0.15, -0.1) is 0 Å². The lowest BCUT2D eigenvalue weighted by atomic mass is 10.1. The van der Waals surface area contributed by atoms with Crippen molar-refractivity contribution in [2.75, 3.05) is 20.1 Å². The van der Waals surface area contributed by atoms with Crippen molar-refractivity contribution in [2.45, 2.75) is 19.3 Å². The summed E-state index contributed by atoms with van der Waals surface area (Å²) in [4.78, 5) is 16.7. The van der Waals surface area contributed by atoms with Gasteiger partial charge in [0, 0.05) is 31.4 Å². The first kappa shape index (κ1) is 11.2. The molecule has 0 spiro atoms. The maximum atomic E-state index is 11.9. The number of H-pyrrole nitrogens is 1. The second kappa shape index (κ2) is 4.29. The van der Waals surface area contributed by atoms with E-state index in [9.17, 15) is 4.79 Å². The number of nitrogens with two attached hydrogens (primary N) is 1. The Hall–Kier alpha value is -1.29. The van der Waals surface area contributed by atoms with Gasteiger partial charge in [0.05, 0.1) is 6.42 Å². The summed E-state index contributed by atoms with van der Waals surface area (Å²) in [6.07, 6.45) is 6.49. The average molecular weight is 221 g/mol. The third kappa shape index (κ3) is 2.44. The summed E-state index contributed by atoms with van der Waals surface area (Å²) in [6.45, 7) is 1.49. The predicted molar refractivity (Wildman–Crippen MR) is 62.9 cm³/mol. The van der Waals surface area contributed by atoms with Gasteiger partial charge in [0.2, 0.25) is 5.91 Å². The van der Waals surface area contributed by atoms with E-state index >= 15 is 0 Å². The lowest BCUT2D eigenvalue weighted by Crippen LogP contribution is -2.36. The molecular formula is C12H19N3O. The lowest BCUT2D eigenvalue weighted by Gasteiger charge is -2.22. The molecule has 0 unspecified atom stereocenters. The van der Waals surface area contributed by atoms with Crippen LogP contribution in [-0.2, 0) is 11.2 Å². The van der Waals surface area contributed by atoms with Gasteiger partial charge in [0.1, 0.15) is 0 Å². The van der Waals surface area contributed by atoms with Crippen LogP contribution in [0.1, 0.15) is 18.4 Å². The quantitative estimate of drug-likeness (QED) is 0.771. The molecule has 16 heavy (non-hydrogen) atoms. The number of carbonyl (C=O) groups excluding carboxylic acids is 1. The molecule has 4 nitrogen and oxygen atoms in total. The van der Waals surface area contributed by atoms with Crippen molar-refractivity contribution in [1.29, 1.82) is 0 Å². The summed E-state index contributed by atoms with van der Waals surface area (Å²) < 4.78 is 0. The van der Waals surface area contributed by atoms with E-state index in [0.717, 1.165) is 24.9 Å². The largest absolute Gasteiger partial charge is 0.367 e. The zero-order valence-electron chi connectivity index (χ0n) is 9.70. The third-order valence-electron chi connectivity index (χ3n) is 3.41. The van der Waals surface area contributed by atoms with Gasteiger partial charge in [-0.3, -0.25) is 4.79 Å². The number of nitrogens with one attached hydrogen (secondary N) is 1. The normalized spacial score (nSPS) is 17.1. The minimum Gasteiger partial charge on any atom is -0.367 e. The Labute approximate surface area is 95.8 Å². The van der Waals surface area contributed by atoms with Crippen molar-refractivity contribution in [3.63, 3.8) is 0 Å². The third-order valence-corrected chi connectivity index (χ3v) is 3.41. The number of carbonyl (C=O) groups is 1. The van der Waals surface area contributed by atoms with Crippen molar-refractivity contribution >= 4 is 5.91 Å². The van der Waals surface area contributed by atoms with Crippen LogP contribution in [-0.4, -0.2) is 35.9 Å². The van der Waals surface area contributed by atoms with Gasteiger partial charge < -0.3 is 15.6 Å². The zero-order valence-corrected chi connectivity index (χ0v) is 9.70. The van der Waals surface area contributed by atoms with Crippen LogP contribution in [0.25, 0.3) is 0 Å². The van der Waals surface area contributed by atoms with Gasteiger partial charge in [0.15, 0.2) is 0 Å². The minimum atomic E-state index is 0.166. The monoisotopic (exact) mass is 221 g/mol. The number of aromatic nitrogens is 1. The SMILES string of the molecule is CN(CC1(CN)CC1)C(=O)Cc1cc[nH]c1. The minimum absolute atomic E-state index is 0.166. The van der Waals surface area contributed by atoms with Crippen LogP contribution in [0.15, 0.2) is 18.5 Å². The maximum Gasteiger partial charge on any atom is 0.226 e. The number of amides is 1. The summed E-state index contributed by atoms with van der Waals surface area (Å²) in [7, 11) is 1.87. The van der Waals surface area contributed by atoms with E-state index in [1.54, 1.807) is 0 Å². The first-order chi connectivity index (χ1) is 7.65. The van der Waals surface area contributed by atoms with Crippen LogP contribution < -0.4 is 5.73 Å². The highest BCUT2D eigenvalue weighted by molar-refractivity contribution is 5.78. The molecule has 0 aliphatic heterocycles. The number of nitrogens with zero attached hydrogens (tertiary/aromatic N) is 1. The van der Waals surface area contributed by atoms with Crippen LogP contribution >= 0.6 is 0 Å². The van der Waals surface area contributed by atoms with Gasteiger partial charge in [-0.25, -0.2) is 0 Å². The van der Waals surface area contributed by atoms with Gasteiger partial charge in [-0.1, -0.05) is 0 Å². The lowest BCUT2D eigenvalue weighted by molar-refractivity contribution is -0.129. The summed E-state index contributed by atoms with van der Waals surface area (Å²) >= 11 is 0. The van der Waals surface area contributed by atoms with Crippen LogP contribution in [0.5, 0.6) is 0 Å². The van der Waals surface area contributed by atoms with Gasteiger partial charge >= 0.3 is 0 Å². The molecule has 1 saturated carbocycles. The molecule has 3 N–H and O–H groups in total. The topological polar surface area (TPSA) is 62.1 Å². The number of hydrogen-bond donors (Lipinski definition) is 2. The van der Waals surface area contributed by atoms with E-state index in [2.05, 4.69) is 4.98 Å². The second-order valence-corrected chi connectivity index (χ2v) is 4.85. The number of likely N-dealkylation sites (N-methyl/N-ethyl adjacent to an activating group) is 1. The molecule has 1 aromatic heterocycles. The molecule has 1 aliphatic carbocycles. The molecular weight excluding hydrogens is 202 g/mol. The molecule has 88 valence electrons. The van der Waals surface area contributed by atoms with Gasteiger partial charge in [-0.05, 0) is 31.0 Å². The highest BCUT2D eigenvalue weighted by Gasteiger charge is 2.42. The van der Waals surface area contributed by atoms with Crippen LogP contribution in [0.3, 0.4) is 0 Å². The van der Waals surface area contributed by atoms with E-state index in [1.165, 1.54) is 0 Å². The van der Waals surface area contributed by atoms with Crippen LogP contribution in [0.2, 0.25) is 0 Å². The summed E-state index contributed by atoms with van der Waals surface area (Å²) in [5, 5.41) is 0. The highest BCUT2D eigenvalue weighted by Crippen LogP contribution is 2.44. The Bertz CT molecular complexity index is 354. The van der Waals surface area contributed by atoms with Crippen molar-refractivity contribution in [2.24, 2.45) is 11.1 Å². The fraction of sp³-hybridized carbons (Fsp3) is 0.583. The van der Waals surface area contributed by atoms with E-state index in [-0.39, 0.29) is 11.3 Å². The summed E-state index contributed by atoms with van der Waals surface area (Å²) in [6, 6.07) is 1.93. The molecule has 2 rings (SSSR count). The van der Waals surface area contributed by atoms with Crippen molar-refractivity contribution in [3.8, 4) is 0 Å². The first-order valence-corrected chi connectivity index (χ1v) is 5.71. The van der Waals surface area contributed by atoms with Crippen LogP contribution in [0.4, 0.5) is 0 Å². The molecule has 1 aliphatic rings. The molecule has 0 bridgehead atoms. The van der Waals surface area contributed by atoms with Crippen molar-refractivity contribution in [3.05, 3.63) is 24.0 Å².